The zero-order chi connectivity index (χ0) is 13.1. The molecular formula is C12H18N2O3. The van der Waals surface area contributed by atoms with Gasteiger partial charge in [-0.2, -0.15) is 0 Å². The summed E-state index contributed by atoms with van der Waals surface area (Å²) in [6.45, 7) is 5.70. The molecule has 1 heterocycles. The van der Waals surface area contributed by atoms with Crippen molar-refractivity contribution in [3.63, 3.8) is 0 Å². The molecule has 0 bridgehead atoms. The van der Waals surface area contributed by atoms with E-state index in [1.807, 2.05) is 13.8 Å². The number of hydrogen-bond acceptors (Lipinski definition) is 4. The molecule has 0 aliphatic rings. The van der Waals surface area contributed by atoms with Crippen molar-refractivity contribution in [1.82, 2.24) is 9.97 Å². The van der Waals surface area contributed by atoms with Gasteiger partial charge in [-0.25, -0.2) is 14.8 Å². The summed E-state index contributed by atoms with van der Waals surface area (Å²) in [4.78, 5) is 19.4. The van der Waals surface area contributed by atoms with Crippen molar-refractivity contribution < 1.29 is 14.6 Å². The lowest BCUT2D eigenvalue weighted by Crippen LogP contribution is -2.30. The summed E-state index contributed by atoms with van der Waals surface area (Å²) in [5, 5.41) is 8.99. The number of aromatic carboxylic acids is 1. The first-order valence-corrected chi connectivity index (χ1v) is 5.63. The van der Waals surface area contributed by atoms with Crippen LogP contribution in [0.5, 0.6) is 0 Å². The molecule has 1 aromatic rings. The number of ether oxygens (including phenoxy) is 1. The largest absolute Gasteiger partial charge is 0.477 e. The number of carbonyl (C=O) groups is 1. The first-order chi connectivity index (χ1) is 7.99. The molecule has 1 aromatic heterocycles. The molecule has 5 heteroatoms. The molecule has 0 amide bonds. The Morgan fingerprint density at radius 1 is 1.41 bits per heavy atom. The Balaban J connectivity index is 3.33. The number of methoxy groups -OCH3 is 1. The average molecular weight is 238 g/mol. The molecule has 0 atom stereocenters. The summed E-state index contributed by atoms with van der Waals surface area (Å²) in [5.41, 5.74) is 0.0440. The molecule has 0 saturated heterocycles. The minimum absolute atomic E-state index is 0.0100. The zero-order valence-electron chi connectivity index (χ0n) is 10.6. The van der Waals surface area contributed by atoms with E-state index in [2.05, 4.69) is 9.97 Å². The third-order valence-electron chi connectivity index (χ3n) is 3.01. The van der Waals surface area contributed by atoms with Gasteiger partial charge in [0.2, 0.25) is 0 Å². The summed E-state index contributed by atoms with van der Waals surface area (Å²) in [6, 6.07) is 1.46. The molecule has 5 nitrogen and oxygen atoms in total. The van der Waals surface area contributed by atoms with Crippen molar-refractivity contribution in [3.05, 3.63) is 23.3 Å². The van der Waals surface area contributed by atoms with Crippen molar-refractivity contribution in [3.8, 4) is 0 Å². The maximum atomic E-state index is 11.0. The van der Waals surface area contributed by atoms with Crippen LogP contribution in [0.15, 0.2) is 6.07 Å². The van der Waals surface area contributed by atoms with Crippen LogP contribution in [0, 0.1) is 6.92 Å². The normalized spacial score (nSPS) is 11.5. The number of rotatable bonds is 5. The van der Waals surface area contributed by atoms with E-state index in [1.165, 1.54) is 6.07 Å². The second kappa shape index (κ2) is 5.23. The summed E-state index contributed by atoms with van der Waals surface area (Å²) < 4.78 is 5.49. The fourth-order valence-electron chi connectivity index (χ4n) is 1.83. The van der Waals surface area contributed by atoms with E-state index in [9.17, 15) is 4.79 Å². The molecule has 0 aliphatic carbocycles. The van der Waals surface area contributed by atoms with Crippen LogP contribution in [0.4, 0.5) is 0 Å². The van der Waals surface area contributed by atoms with E-state index in [1.54, 1.807) is 14.0 Å². The SMILES string of the molecule is CCC(CC)(OC)c1nc(C)cc(C(=O)O)n1. The Bertz CT molecular complexity index is 406. The highest BCUT2D eigenvalue weighted by Gasteiger charge is 2.32. The van der Waals surface area contributed by atoms with Gasteiger partial charge in [0.15, 0.2) is 11.5 Å². The van der Waals surface area contributed by atoms with Gasteiger partial charge in [-0.1, -0.05) is 13.8 Å². The summed E-state index contributed by atoms with van der Waals surface area (Å²) in [6.07, 6.45) is 1.39. The fraction of sp³-hybridized carbons (Fsp3) is 0.583. The standard InChI is InChI=1S/C12H18N2O3/c1-5-12(6-2,17-4)11-13-8(3)7-9(14-11)10(15)16/h7H,5-6H2,1-4H3,(H,15,16). The summed E-state index contributed by atoms with van der Waals surface area (Å²) in [5.74, 6) is -0.601. The molecule has 0 radical (unpaired) electrons. The van der Waals surface area contributed by atoms with Gasteiger partial charge in [0, 0.05) is 12.8 Å². The monoisotopic (exact) mass is 238 g/mol. The van der Waals surface area contributed by atoms with E-state index in [0.29, 0.717) is 24.4 Å². The Morgan fingerprint density at radius 2 is 2.00 bits per heavy atom. The van der Waals surface area contributed by atoms with Crippen LogP contribution in [0.25, 0.3) is 0 Å². The average Bonchev–Trinajstić information content (AvgIpc) is 2.31. The molecule has 1 rings (SSSR count). The van der Waals surface area contributed by atoms with Crippen molar-refractivity contribution in [2.45, 2.75) is 39.2 Å². The molecule has 0 aromatic carbocycles. The molecule has 0 saturated carbocycles. The van der Waals surface area contributed by atoms with Gasteiger partial charge in [-0.15, -0.1) is 0 Å². The molecule has 0 unspecified atom stereocenters. The molecule has 1 N–H and O–H groups in total. The number of carboxylic acid groups (broad SMARTS) is 1. The maximum absolute atomic E-state index is 11.0. The van der Waals surface area contributed by atoms with Crippen molar-refractivity contribution >= 4 is 5.97 Å². The molecular weight excluding hydrogens is 220 g/mol. The van der Waals surface area contributed by atoms with E-state index < -0.39 is 11.6 Å². The van der Waals surface area contributed by atoms with Gasteiger partial charge >= 0.3 is 5.97 Å². The van der Waals surface area contributed by atoms with Crippen molar-refractivity contribution in [2.75, 3.05) is 7.11 Å². The number of aryl methyl sites for hydroxylation is 1. The Morgan fingerprint density at radius 3 is 2.41 bits per heavy atom. The minimum atomic E-state index is -1.05. The lowest BCUT2D eigenvalue weighted by Gasteiger charge is -2.28. The number of nitrogens with zero attached hydrogens (tertiary/aromatic N) is 2. The van der Waals surface area contributed by atoms with Gasteiger partial charge in [0.25, 0.3) is 0 Å². The second-order valence-corrected chi connectivity index (χ2v) is 3.93. The number of aromatic nitrogens is 2. The van der Waals surface area contributed by atoms with Crippen molar-refractivity contribution in [2.24, 2.45) is 0 Å². The van der Waals surface area contributed by atoms with Crippen LogP contribution in [-0.4, -0.2) is 28.2 Å². The van der Waals surface area contributed by atoms with Crippen LogP contribution in [-0.2, 0) is 10.3 Å². The van der Waals surface area contributed by atoms with Gasteiger partial charge in [-0.3, -0.25) is 0 Å². The smallest absolute Gasteiger partial charge is 0.354 e. The lowest BCUT2D eigenvalue weighted by molar-refractivity contribution is -0.0294. The number of carboxylic acids is 1. The predicted octanol–water partition coefficient (Wildman–Crippen LogP) is 2.14. The molecule has 0 aliphatic heterocycles. The highest BCUT2D eigenvalue weighted by molar-refractivity contribution is 5.85. The highest BCUT2D eigenvalue weighted by atomic mass is 16.5. The van der Waals surface area contributed by atoms with Crippen molar-refractivity contribution in [1.29, 1.82) is 0 Å². The van der Waals surface area contributed by atoms with Crippen LogP contribution in [0.1, 0.15) is 48.7 Å². The molecule has 0 spiro atoms. The Labute approximate surface area is 101 Å². The number of hydrogen-bond donors (Lipinski definition) is 1. The topological polar surface area (TPSA) is 72.3 Å². The molecule has 0 fully saturated rings. The Hall–Kier alpha value is -1.49. The van der Waals surface area contributed by atoms with E-state index in [4.69, 9.17) is 9.84 Å². The highest BCUT2D eigenvalue weighted by Crippen LogP contribution is 2.29. The maximum Gasteiger partial charge on any atom is 0.354 e. The first kappa shape index (κ1) is 13.6. The molecule has 17 heavy (non-hydrogen) atoms. The van der Waals surface area contributed by atoms with Crippen LogP contribution < -0.4 is 0 Å². The zero-order valence-corrected chi connectivity index (χ0v) is 10.6. The van der Waals surface area contributed by atoms with Gasteiger partial charge < -0.3 is 9.84 Å². The third-order valence-corrected chi connectivity index (χ3v) is 3.01. The summed E-state index contributed by atoms with van der Waals surface area (Å²) in [7, 11) is 1.60. The first-order valence-electron chi connectivity index (χ1n) is 5.63. The quantitative estimate of drug-likeness (QED) is 0.850. The lowest BCUT2D eigenvalue weighted by atomic mass is 9.95. The van der Waals surface area contributed by atoms with Gasteiger partial charge in [-0.05, 0) is 25.8 Å². The van der Waals surface area contributed by atoms with E-state index in [-0.39, 0.29) is 5.69 Å². The summed E-state index contributed by atoms with van der Waals surface area (Å²) >= 11 is 0. The minimum Gasteiger partial charge on any atom is -0.477 e. The van der Waals surface area contributed by atoms with Gasteiger partial charge in [0.1, 0.15) is 5.60 Å². The van der Waals surface area contributed by atoms with Gasteiger partial charge in [0.05, 0.1) is 0 Å². The Kier molecular flexibility index (Phi) is 4.17. The van der Waals surface area contributed by atoms with Crippen LogP contribution in [0.2, 0.25) is 0 Å². The van der Waals surface area contributed by atoms with E-state index in [0.717, 1.165) is 0 Å². The third kappa shape index (κ3) is 2.61. The second-order valence-electron chi connectivity index (χ2n) is 3.93. The van der Waals surface area contributed by atoms with Crippen LogP contribution >= 0.6 is 0 Å². The van der Waals surface area contributed by atoms with Crippen LogP contribution in [0.3, 0.4) is 0 Å². The molecule has 94 valence electrons. The fourth-order valence-corrected chi connectivity index (χ4v) is 1.83. The van der Waals surface area contributed by atoms with E-state index >= 15 is 0 Å². The predicted molar refractivity (Wildman–Crippen MR) is 63.0 cm³/mol.